The van der Waals surface area contributed by atoms with Crippen LogP contribution in [0.15, 0.2) is 29.8 Å². The molecule has 0 heterocycles. The maximum absolute atomic E-state index is 11.8. The molecule has 1 aromatic rings. The van der Waals surface area contributed by atoms with E-state index in [9.17, 15) is 4.79 Å². The number of aryl methyl sites for hydroxylation is 2. The third-order valence-corrected chi connectivity index (χ3v) is 5.09. The van der Waals surface area contributed by atoms with Crippen LogP contribution in [-0.2, 0) is 12.8 Å². The second-order valence-corrected chi connectivity index (χ2v) is 7.03. The van der Waals surface area contributed by atoms with Gasteiger partial charge in [0.2, 0.25) is 0 Å². The first-order chi connectivity index (χ1) is 12.3. The first-order valence-electron chi connectivity index (χ1n) is 9.75. The molecule has 0 atom stereocenters. The molecule has 25 heavy (non-hydrogen) atoms. The fourth-order valence-electron chi connectivity index (χ4n) is 3.66. The van der Waals surface area contributed by atoms with Crippen LogP contribution in [0.4, 0.5) is 4.79 Å². The molecule has 0 saturated heterocycles. The smallest absolute Gasteiger partial charge is 0.314 e. The first kappa shape index (κ1) is 17.8. The largest absolute Gasteiger partial charge is 0.492 e. The molecule has 4 nitrogen and oxygen atoms in total. The van der Waals surface area contributed by atoms with Gasteiger partial charge in [-0.25, -0.2) is 4.79 Å². The average Bonchev–Trinajstić information content (AvgIpc) is 2.66. The molecule has 1 aromatic carbocycles. The van der Waals surface area contributed by atoms with Crippen molar-refractivity contribution in [3.8, 4) is 5.75 Å². The lowest BCUT2D eigenvalue weighted by atomic mass is 9.92. The van der Waals surface area contributed by atoms with E-state index in [2.05, 4.69) is 28.8 Å². The molecule has 0 spiro atoms. The van der Waals surface area contributed by atoms with Gasteiger partial charge in [-0.05, 0) is 81.0 Å². The highest BCUT2D eigenvalue weighted by Crippen LogP contribution is 2.25. The van der Waals surface area contributed by atoms with Crippen molar-refractivity contribution in [1.29, 1.82) is 0 Å². The van der Waals surface area contributed by atoms with E-state index in [0.717, 1.165) is 18.6 Å². The summed E-state index contributed by atoms with van der Waals surface area (Å²) in [5, 5.41) is 5.78. The summed E-state index contributed by atoms with van der Waals surface area (Å²) in [6, 6.07) is 6.28. The zero-order chi connectivity index (χ0) is 17.3. The number of benzene rings is 1. The van der Waals surface area contributed by atoms with Crippen LogP contribution in [0.5, 0.6) is 5.75 Å². The van der Waals surface area contributed by atoms with E-state index in [4.69, 9.17) is 4.74 Å². The van der Waals surface area contributed by atoms with Gasteiger partial charge in [0.1, 0.15) is 12.4 Å². The van der Waals surface area contributed by atoms with Crippen LogP contribution in [0.25, 0.3) is 0 Å². The summed E-state index contributed by atoms with van der Waals surface area (Å²) < 4.78 is 5.77. The van der Waals surface area contributed by atoms with Crippen molar-refractivity contribution in [2.75, 3.05) is 19.7 Å². The summed E-state index contributed by atoms with van der Waals surface area (Å²) in [5.74, 6) is 0.909. The van der Waals surface area contributed by atoms with Crippen molar-refractivity contribution in [3.63, 3.8) is 0 Å². The summed E-state index contributed by atoms with van der Waals surface area (Å²) in [6.07, 6.45) is 13.2. The van der Waals surface area contributed by atoms with E-state index in [-0.39, 0.29) is 6.03 Å². The number of urea groups is 1. The maximum Gasteiger partial charge on any atom is 0.314 e. The monoisotopic (exact) mass is 342 g/mol. The molecule has 2 aliphatic rings. The van der Waals surface area contributed by atoms with Gasteiger partial charge in [0.15, 0.2) is 0 Å². The quantitative estimate of drug-likeness (QED) is 0.578. The minimum atomic E-state index is -0.106. The maximum atomic E-state index is 11.8. The Labute approximate surface area is 151 Å². The Morgan fingerprint density at radius 2 is 1.76 bits per heavy atom. The summed E-state index contributed by atoms with van der Waals surface area (Å²) in [7, 11) is 0. The van der Waals surface area contributed by atoms with Crippen molar-refractivity contribution in [2.45, 2.75) is 57.8 Å². The molecular weight excluding hydrogens is 312 g/mol. The highest BCUT2D eigenvalue weighted by molar-refractivity contribution is 5.73. The van der Waals surface area contributed by atoms with E-state index >= 15 is 0 Å². The Kier molecular flexibility index (Phi) is 6.78. The molecule has 4 heteroatoms. The van der Waals surface area contributed by atoms with E-state index in [0.29, 0.717) is 19.7 Å². The molecule has 0 radical (unpaired) electrons. The van der Waals surface area contributed by atoms with Crippen molar-refractivity contribution in [1.82, 2.24) is 10.6 Å². The molecule has 2 N–H and O–H groups in total. The number of rotatable bonds is 7. The Bertz CT molecular complexity index is 610. The van der Waals surface area contributed by atoms with Gasteiger partial charge in [0.25, 0.3) is 0 Å². The standard InChI is InChI=1S/C21H30N2O2/c24-21(22-13-12-17-6-2-1-3-7-17)23-14-15-25-20-11-10-18-8-4-5-9-19(18)16-20/h6,10-11,16H,1-5,7-9,12-15H2,(H2,22,23,24). The number of carbonyl (C=O) groups excluding carboxylic acids is 1. The molecule has 136 valence electrons. The van der Waals surface area contributed by atoms with Gasteiger partial charge in [-0.3, -0.25) is 0 Å². The lowest BCUT2D eigenvalue weighted by molar-refractivity contribution is 0.236. The molecule has 0 unspecified atom stereocenters. The Hall–Kier alpha value is -1.97. The number of amides is 2. The molecular formula is C21H30N2O2. The van der Waals surface area contributed by atoms with Crippen LogP contribution in [0.2, 0.25) is 0 Å². The number of hydrogen-bond donors (Lipinski definition) is 2. The topological polar surface area (TPSA) is 50.4 Å². The van der Waals surface area contributed by atoms with Crippen LogP contribution < -0.4 is 15.4 Å². The first-order valence-corrected chi connectivity index (χ1v) is 9.75. The number of allylic oxidation sites excluding steroid dienone is 1. The summed E-state index contributed by atoms with van der Waals surface area (Å²) >= 11 is 0. The van der Waals surface area contributed by atoms with Crippen molar-refractivity contribution in [3.05, 3.63) is 41.0 Å². The molecule has 0 aliphatic heterocycles. The van der Waals surface area contributed by atoms with Gasteiger partial charge >= 0.3 is 6.03 Å². The third kappa shape index (κ3) is 5.80. The van der Waals surface area contributed by atoms with E-state index in [1.165, 1.54) is 61.6 Å². The zero-order valence-electron chi connectivity index (χ0n) is 15.1. The Morgan fingerprint density at radius 3 is 2.60 bits per heavy atom. The lowest BCUT2D eigenvalue weighted by Gasteiger charge is -2.17. The molecule has 0 fully saturated rings. The number of ether oxygens (including phenoxy) is 1. The number of fused-ring (bicyclic) bond motifs is 1. The van der Waals surface area contributed by atoms with Gasteiger partial charge < -0.3 is 15.4 Å². The highest BCUT2D eigenvalue weighted by Gasteiger charge is 2.10. The number of nitrogens with one attached hydrogen (secondary N) is 2. The fourth-order valence-corrected chi connectivity index (χ4v) is 3.66. The second-order valence-electron chi connectivity index (χ2n) is 7.03. The van der Waals surface area contributed by atoms with Crippen molar-refractivity contribution in [2.24, 2.45) is 0 Å². The highest BCUT2D eigenvalue weighted by atomic mass is 16.5. The zero-order valence-corrected chi connectivity index (χ0v) is 15.1. The SMILES string of the molecule is O=C(NCCOc1ccc2c(c1)CCCC2)NCCC1=CCCCC1. The molecule has 2 aliphatic carbocycles. The van der Waals surface area contributed by atoms with Crippen LogP contribution in [0, 0.1) is 0 Å². The fraction of sp³-hybridized carbons (Fsp3) is 0.571. The normalized spacial score (nSPS) is 16.6. The average molecular weight is 342 g/mol. The van der Waals surface area contributed by atoms with E-state index in [1.807, 2.05) is 6.07 Å². The van der Waals surface area contributed by atoms with Crippen LogP contribution in [-0.4, -0.2) is 25.7 Å². The van der Waals surface area contributed by atoms with Gasteiger partial charge in [-0.1, -0.05) is 17.7 Å². The molecule has 3 rings (SSSR count). The van der Waals surface area contributed by atoms with Crippen LogP contribution in [0.1, 0.15) is 56.1 Å². The Balaban J connectivity index is 1.29. The summed E-state index contributed by atoms with van der Waals surface area (Å²) in [4.78, 5) is 11.8. The summed E-state index contributed by atoms with van der Waals surface area (Å²) in [6.45, 7) is 1.73. The van der Waals surface area contributed by atoms with Gasteiger partial charge in [0, 0.05) is 6.54 Å². The van der Waals surface area contributed by atoms with Crippen LogP contribution >= 0.6 is 0 Å². The van der Waals surface area contributed by atoms with Gasteiger partial charge in [-0.15, -0.1) is 0 Å². The number of carbonyl (C=O) groups is 1. The van der Waals surface area contributed by atoms with E-state index < -0.39 is 0 Å². The van der Waals surface area contributed by atoms with Crippen molar-refractivity contribution < 1.29 is 9.53 Å². The van der Waals surface area contributed by atoms with Crippen LogP contribution in [0.3, 0.4) is 0 Å². The molecule has 0 bridgehead atoms. The minimum Gasteiger partial charge on any atom is -0.492 e. The summed E-state index contributed by atoms with van der Waals surface area (Å²) in [5.41, 5.74) is 4.37. The van der Waals surface area contributed by atoms with Crippen molar-refractivity contribution >= 4 is 6.03 Å². The molecule has 0 saturated carbocycles. The predicted octanol–water partition coefficient (Wildman–Crippen LogP) is 4.13. The third-order valence-electron chi connectivity index (χ3n) is 5.09. The van der Waals surface area contributed by atoms with Gasteiger partial charge in [-0.2, -0.15) is 0 Å². The molecule has 2 amide bonds. The molecule has 0 aromatic heterocycles. The predicted molar refractivity (Wildman–Crippen MR) is 101 cm³/mol. The lowest BCUT2D eigenvalue weighted by Crippen LogP contribution is -2.38. The number of hydrogen-bond acceptors (Lipinski definition) is 2. The second kappa shape index (κ2) is 9.50. The minimum absolute atomic E-state index is 0.106. The Morgan fingerprint density at radius 1 is 0.960 bits per heavy atom. The van der Waals surface area contributed by atoms with E-state index in [1.54, 1.807) is 0 Å². The van der Waals surface area contributed by atoms with Gasteiger partial charge in [0.05, 0.1) is 6.54 Å².